The van der Waals surface area contributed by atoms with E-state index < -0.39 is 48.0 Å². The van der Waals surface area contributed by atoms with E-state index in [0.717, 1.165) is 18.2 Å². The van der Waals surface area contributed by atoms with Crippen molar-refractivity contribution in [3.8, 4) is 5.75 Å². The molecule has 146 valence electrons. The number of benzene rings is 2. The Bertz CT molecular complexity index is 934. The first-order chi connectivity index (χ1) is 13.3. The first kappa shape index (κ1) is 19.3. The molecule has 28 heavy (non-hydrogen) atoms. The normalized spacial score (nSPS) is 16.2. The fourth-order valence-electron chi connectivity index (χ4n) is 2.50. The molecule has 0 spiro atoms. The average molecular weight is 390 g/mol. The Morgan fingerprint density at radius 3 is 2.79 bits per heavy atom. The second kappa shape index (κ2) is 8.03. The number of rotatable bonds is 5. The summed E-state index contributed by atoms with van der Waals surface area (Å²) in [5.41, 5.74) is 0.112. The van der Waals surface area contributed by atoms with Crippen LogP contribution in [0.2, 0.25) is 0 Å². The fraction of sp³-hybridized carbons (Fsp3) is 0.211. The standard InChI is InChI=1S/C19H16F2N2O5/c1-10(18(25)23-14-8-11(20)6-7-12(14)21)27-17(24)9-16-19(26)22-13-4-2-3-5-15(13)28-16/h2-8,10,16H,9H2,1H3,(H,22,26)(H,23,25)/t10-,16-/m1/s1. The van der Waals surface area contributed by atoms with E-state index in [0.29, 0.717) is 11.4 Å². The summed E-state index contributed by atoms with van der Waals surface area (Å²) in [5.74, 6) is -3.39. The molecule has 2 amide bonds. The second-order valence-electron chi connectivity index (χ2n) is 6.04. The van der Waals surface area contributed by atoms with Crippen LogP contribution in [0, 0.1) is 11.6 Å². The maximum Gasteiger partial charge on any atom is 0.310 e. The Morgan fingerprint density at radius 1 is 1.25 bits per heavy atom. The molecule has 0 unspecified atom stereocenters. The van der Waals surface area contributed by atoms with Gasteiger partial charge in [-0.3, -0.25) is 14.4 Å². The van der Waals surface area contributed by atoms with Crippen LogP contribution in [-0.2, 0) is 19.1 Å². The molecule has 3 rings (SSSR count). The average Bonchev–Trinajstić information content (AvgIpc) is 2.65. The molecule has 9 heteroatoms. The van der Waals surface area contributed by atoms with Gasteiger partial charge in [-0.05, 0) is 31.2 Å². The zero-order valence-corrected chi connectivity index (χ0v) is 14.7. The molecule has 2 aromatic carbocycles. The van der Waals surface area contributed by atoms with Crippen molar-refractivity contribution >= 4 is 29.2 Å². The van der Waals surface area contributed by atoms with Crippen molar-refractivity contribution in [3.05, 3.63) is 54.1 Å². The van der Waals surface area contributed by atoms with Crippen molar-refractivity contribution in [2.24, 2.45) is 0 Å². The third-order valence-corrected chi connectivity index (χ3v) is 3.92. The number of amides is 2. The van der Waals surface area contributed by atoms with Gasteiger partial charge in [-0.1, -0.05) is 12.1 Å². The fourth-order valence-corrected chi connectivity index (χ4v) is 2.50. The highest BCUT2D eigenvalue weighted by molar-refractivity contribution is 6.00. The molecule has 0 fully saturated rings. The Labute approximate surface area is 158 Å². The largest absolute Gasteiger partial charge is 0.478 e. The van der Waals surface area contributed by atoms with Gasteiger partial charge in [0.05, 0.1) is 17.8 Å². The van der Waals surface area contributed by atoms with E-state index in [4.69, 9.17) is 9.47 Å². The number of ether oxygens (including phenoxy) is 2. The Morgan fingerprint density at radius 2 is 2.00 bits per heavy atom. The summed E-state index contributed by atoms with van der Waals surface area (Å²) >= 11 is 0. The minimum absolute atomic E-state index is 0.375. The lowest BCUT2D eigenvalue weighted by molar-refractivity contribution is -0.155. The predicted octanol–water partition coefficient (Wildman–Crippen LogP) is 2.62. The maximum atomic E-state index is 13.6. The first-order valence-corrected chi connectivity index (χ1v) is 8.35. The Balaban J connectivity index is 1.56. The van der Waals surface area contributed by atoms with E-state index in [9.17, 15) is 23.2 Å². The minimum Gasteiger partial charge on any atom is -0.478 e. The molecule has 0 saturated carbocycles. The molecule has 0 saturated heterocycles. The first-order valence-electron chi connectivity index (χ1n) is 8.35. The van der Waals surface area contributed by atoms with Crippen LogP contribution in [0.15, 0.2) is 42.5 Å². The van der Waals surface area contributed by atoms with Crippen molar-refractivity contribution in [2.75, 3.05) is 10.6 Å². The van der Waals surface area contributed by atoms with E-state index in [1.54, 1.807) is 24.3 Å². The molecule has 0 aliphatic carbocycles. The number of hydrogen-bond acceptors (Lipinski definition) is 5. The quantitative estimate of drug-likeness (QED) is 0.766. The van der Waals surface area contributed by atoms with Crippen LogP contribution in [0.5, 0.6) is 5.75 Å². The molecule has 7 nitrogen and oxygen atoms in total. The minimum atomic E-state index is -1.30. The third-order valence-electron chi connectivity index (χ3n) is 3.92. The molecule has 0 bridgehead atoms. The van der Waals surface area contributed by atoms with Gasteiger partial charge < -0.3 is 20.1 Å². The van der Waals surface area contributed by atoms with Crippen LogP contribution >= 0.6 is 0 Å². The van der Waals surface area contributed by atoms with Crippen LogP contribution in [0.25, 0.3) is 0 Å². The van der Waals surface area contributed by atoms with E-state index in [2.05, 4.69) is 10.6 Å². The van der Waals surface area contributed by atoms with Crippen molar-refractivity contribution in [3.63, 3.8) is 0 Å². The molecule has 2 aromatic rings. The zero-order valence-electron chi connectivity index (χ0n) is 14.7. The third kappa shape index (κ3) is 4.43. The summed E-state index contributed by atoms with van der Waals surface area (Å²) in [6, 6.07) is 9.29. The highest BCUT2D eigenvalue weighted by atomic mass is 19.1. The molecular formula is C19H16F2N2O5. The molecule has 2 atom stereocenters. The molecule has 0 radical (unpaired) electrons. The number of para-hydroxylation sites is 2. The van der Waals surface area contributed by atoms with E-state index in [1.807, 2.05) is 0 Å². The van der Waals surface area contributed by atoms with Crippen molar-refractivity contribution in [1.29, 1.82) is 0 Å². The molecule has 1 heterocycles. The van der Waals surface area contributed by atoms with Gasteiger partial charge in [0.1, 0.15) is 17.4 Å². The zero-order chi connectivity index (χ0) is 20.3. The maximum absolute atomic E-state index is 13.6. The van der Waals surface area contributed by atoms with Gasteiger partial charge in [-0.25, -0.2) is 8.78 Å². The van der Waals surface area contributed by atoms with Crippen molar-refractivity contribution in [1.82, 2.24) is 0 Å². The SMILES string of the molecule is C[C@@H](OC(=O)C[C@H]1Oc2ccccc2NC1=O)C(=O)Nc1cc(F)ccc1F. The number of carbonyl (C=O) groups excluding carboxylic acids is 3. The topological polar surface area (TPSA) is 93.7 Å². The van der Waals surface area contributed by atoms with Gasteiger partial charge in [0, 0.05) is 6.07 Å². The van der Waals surface area contributed by atoms with Crippen LogP contribution in [0.4, 0.5) is 20.2 Å². The van der Waals surface area contributed by atoms with Crippen molar-refractivity contribution in [2.45, 2.75) is 25.6 Å². The van der Waals surface area contributed by atoms with Gasteiger partial charge in [0.15, 0.2) is 12.2 Å². The lowest BCUT2D eigenvalue weighted by atomic mass is 10.1. The van der Waals surface area contributed by atoms with Gasteiger partial charge in [-0.2, -0.15) is 0 Å². The highest BCUT2D eigenvalue weighted by Gasteiger charge is 2.31. The van der Waals surface area contributed by atoms with Crippen molar-refractivity contribution < 1.29 is 32.6 Å². The molecular weight excluding hydrogens is 374 g/mol. The van der Waals surface area contributed by atoms with E-state index in [-0.39, 0.29) is 5.69 Å². The highest BCUT2D eigenvalue weighted by Crippen LogP contribution is 2.29. The Kier molecular flexibility index (Phi) is 5.53. The van der Waals surface area contributed by atoms with Gasteiger partial charge in [-0.15, -0.1) is 0 Å². The summed E-state index contributed by atoms with van der Waals surface area (Å²) in [4.78, 5) is 36.1. The lowest BCUT2D eigenvalue weighted by Crippen LogP contribution is -2.40. The number of carbonyl (C=O) groups is 3. The number of nitrogens with one attached hydrogen (secondary N) is 2. The van der Waals surface area contributed by atoms with Gasteiger partial charge in [0.2, 0.25) is 0 Å². The number of hydrogen-bond donors (Lipinski definition) is 2. The second-order valence-corrected chi connectivity index (χ2v) is 6.04. The summed E-state index contributed by atoms with van der Waals surface area (Å²) in [6.45, 7) is 1.27. The molecule has 2 N–H and O–H groups in total. The van der Waals surface area contributed by atoms with Crippen LogP contribution in [0.3, 0.4) is 0 Å². The summed E-state index contributed by atoms with van der Waals surface area (Å²) in [6.07, 6.45) is -2.83. The van der Waals surface area contributed by atoms with Gasteiger partial charge in [0.25, 0.3) is 11.8 Å². The monoisotopic (exact) mass is 390 g/mol. The summed E-state index contributed by atoms with van der Waals surface area (Å²) in [7, 11) is 0. The molecule has 0 aromatic heterocycles. The summed E-state index contributed by atoms with van der Waals surface area (Å²) in [5, 5.41) is 4.75. The lowest BCUT2D eigenvalue weighted by Gasteiger charge is -2.25. The summed E-state index contributed by atoms with van der Waals surface area (Å²) < 4.78 is 37.2. The number of halogens is 2. The van der Waals surface area contributed by atoms with E-state index in [1.165, 1.54) is 6.92 Å². The van der Waals surface area contributed by atoms with E-state index >= 15 is 0 Å². The number of anilines is 2. The van der Waals surface area contributed by atoms with Crippen LogP contribution in [-0.4, -0.2) is 30.0 Å². The van der Waals surface area contributed by atoms with Gasteiger partial charge >= 0.3 is 5.97 Å². The van der Waals surface area contributed by atoms with Crippen LogP contribution < -0.4 is 15.4 Å². The molecule has 1 aliphatic rings. The number of fused-ring (bicyclic) bond motifs is 1. The molecule has 1 aliphatic heterocycles. The predicted molar refractivity (Wildman–Crippen MR) is 94.6 cm³/mol. The smallest absolute Gasteiger partial charge is 0.310 e. The van der Waals surface area contributed by atoms with Crippen LogP contribution in [0.1, 0.15) is 13.3 Å². The Hall–Kier alpha value is -3.49. The number of esters is 1.